The Hall–Kier alpha value is -3.94. The summed E-state index contributed by atoms with van der Waals surface area (Å²) >= 11 is 7.51. The number of carbonyl (C=O) groups is 1. The highest BCUT2D eigenvalue weighted by Crippen LogP contribution is 2.30. The molecule has 1 aliphatic heterocycles. The average Bonchev–Trinajstić information content (AvgIpc) is 3.23. The van der Waals surface area contributed by atoms with E-state index in [1.54, 1.807) is 18.4 Å². The Morgan fingerprint density at radius 3 is 2.47 bits per heavy atom. The van der Waals surface area contributed by atoms with E-state index in [-0.39, 0.29) is 12.2 Å². The van der Waals surface area contributed by atoms with Crippen LogP contribution in [0.3, 0.4) is 0 Å². The molecule has 5 rings (SSSR count). The second kappa shape index (κ2) is 11.2. The van der Waals surface area contributed by atoms with Gasteiger partial charge in [0.1, 0.15) is 12.4 Å². The maximum absolute atomic E-state index is 13.7. The van der Waals surface area contributed by atoms with Crippen molar-refractivity contribution in [3.05, 3.63) is 132 Å². The van der Waals surface area contributed by atoms with Crippen LogP contribution in [0.25, 0.3) is 6.08 Å². The van der Waals surface area contributed by atoms with Gasteiger partial charge in [-0.05, 0) is 49.2 Å². The number of allylic oxidation sites excluding steroid dienone is 1. The molecule has 0 N–H and O–H groups in total. The molecule has 1 aromatic heterocycles. The van der Waals surface area contributed by atoms with Gasteiger partial charge in [-0.3, -0.25) is 9.36 Å². The fraction of sp³-hybridized carbons (Fsp3) is 0.167. The van der Waals surface area contributed by atoms with Gasteiger partial charge in [0, 0.05) is 10.6 Å². The minimum atomic E-state index is -0.616. The number of rotatable bonds is 7. The highest BCUT2D eigenvalue weighted by molar-refractivity contribution is 7.07. The predicted molar refractivity (Wildman–Crippen MR) is 149 cm³/mol. The Bertz CT molecular complexity index is 1690. The van der Waals surface area contributed by atoms with E-state index in [1.165, 1.54) is 11.3 Å². The lowest BCUT2D eigenvalue weighted by Gasteiger charge is -2.24. The van der Waals surface area contributed by atoms with Gasteiger partial charge >= 0.3 is 5.97 Å². The van der Waals surface area contributed by atoms with Crippen LogP contribution in [0.15, 0.2) is 99.9 Å². The zero-order valence-electron chi connectivity index (χ0n) is 20.9. The summed E-state index contributed by atoms with van der Waals surface area (Å²) in [6, 6.07) is 23.9. The lowest BCUT2D eigenvalue weighted by atomic mass is 9.96. The number of hydrogen-bond donors (Lipinski definition) is 0. The van der Waals surface area contributed by atoms with E-state index in [4.69, 9.17) is 21.1 Å². The Kier molecular flexibility index (Phi) is 7.58. The van der Waals surface area contributed by atoms with E-state index in [2.05, 4.69) is 4.99 Å². The van der Waals surface area contributed by atoms with Crippen molar-refractivity contribution in [3.63, 3.8) is 0 Å². The van der Waals surface area contributed by atoms with Gasteiger partial charge in [0.25, 0.3) is 5.56 Å². The molecule has 1 unspecified atom stereocenters. The molecule has 0 radical (unpaired) electrons. The summed E-state index contributed by atoms with van der Waals surface area (Å²) in [5, 5.41) is 0.662. The number of fused-ring (bicyclic) bond motifs is 1. The Morgan fingerprint density at radius 2 is 1.76 bits per heavy atom. The van der Waals surface area contributed by atoms with Crippen molar-refractivity contribution < 1.29 is 14.3 Å². The van der Waals surface area contributed by atoms with Gasteiger partial charge in [0.2, 0.25) is 0 Å². The predicted octanol–water partition coefficient (Wildman–Crippen LogP) is 5.03. The maximum atomic E-state index is 13.7. The van der Waals surface area contributed by atoms with E-state index in [0.29, 0.717) is 38.0 Å². The summed E-state index contributed by atoms with van der Waals surface area (Å²) in [5.41, 5.74) is 3.28. The van der Waals surface area contributed by atoms with Crippen LogP contribution >= 0.6 is 22.9 Å². The van der Waals surface area contributed by atoms with Gasteiger partial charge in [-0.1, -0.05) is 83.6 Å². The molecule has 6 nitrogen and oxygen atoms in total. The molecule has 192 valence electrons. The summed E-state index contributed by atoms with van der Waals surface area (Å²) in [4.78, 5) is 31.7. The third kappa shape index (κ3) is 5.21. The van der Waals surface area contributed by atoms with Crippen LogP contribution in [0, 0.1) is 0 Å². The maximum Gasteiger partial charge on any atom is 0.338 e. The molecule has 0 amide bonds. The van der Waals surface area contributed by atoms with E-state index in [9.17, 15) is 9.59 Å². The minimum absolute atomic E-state index is 0.212. The van der Waals surface area contributed by atoms with Gasteiger partial charge in [0.15, 0.2) is 4.80 Å². The molecule has 1 atom stereocenters. The van der Waals surface area contributed by atoms with Crippen molar-refractivity contribution in [3.8, 4) is 5.75 Å². The summed E-state index contributed by atoms with van der Waals surface area (Å²) < 4.78 is 13.3. The first kappa shape index (κ1) is 25.7. The van der Waals surface area contributed by atoms with Crippen LogP contribution in [0.4, 0.5) is 0 Å². The van der Waals surface area contributed by atoms with Crippen molar-refractivity contribution >= 4 is 35.0 Å². The van der Waals surface area contributed by atoms with Crippen LogP contribution in [0.1, 0.15) is 36.6 Å². The molecule has 0 spiro atoms. The van der Waals surface area contributed by atoms with Gasteiger partial charge in [-0.25, -0.2) is 9.79 Å². The van der Waals surface area contributed by atoms with Gasteiger partial charge in [0.05, 0.1) is 28.5 Å². The molecular weight excluding hydrogens is 520 g/mol. The van der Waals surface area contributed by atoms with Crippen LogP contribution < -0.4 is 19.6 Å². The fourth-order valence-electron chi connectivity index (χ4n) is 4.33. The standard InChI is InChI=1S/C30H25ClN2O4S/c1-3-36-29(35)26-19(2)32-30-33(27(26)21-9-5-4-6-10-21)28(34)25(38-30)17-20-13-15-23(16-14-20)37-18-22-11-7-8-12-24(22)31/h4-17,27H,3,18H2,1-2H3/b25-17-. The number of thiazole rings is 1. The third-order valence-electron chi connectivity index (χ3n) is 6.16. The average molecular weight is 545 g/mol. The number of ether oxygens (including phenoxy) is 2. The highest BCUT2D eigenvalue weighted by atomic mass is 35.5. The highest BCUT2D eigenvalue weighted by Gasteiger charge is 2.33. The van der Waals surface area contributed by atoms with Crippen LogP contribution in [-0.4, -0.2) is 17.1 Å². The number of carbonyl (C=O) groups excluding carboxylic acids is 1. The Labute approximate surface area is 228 Å². The quantitative estimate of drug-likeness (QED) is 0.306. The van der Waals surface area contributed by atoms with Gasteiger partial charge in [-0.15, -0.1) is 0 Å². The molecule has 1 aliphatic rings. The summed E-state index contributed by atoms with van der Waals surface area (Å²) in [6.45, 7) is 4.13. The molecule has 0 saturated heterocycles. The molecule has 3 aromatic carbocycles. The van der Waals surface area contributed by atoms with E-state index in [1.807, 2.05) is 84.9 Å². The van der Waals surface area contributed by atoms with Gasteiger partial charge in [-0.2, -0.15) is 0 Å². The monoisotopic (exact) mass is 544 g/mol. The second-order valence-corrected chi connectivity index (χ2v) is 10.1. The number of halogens is 1. The van der Waals surface area contributed by atoms with E-state index in [0.717, 1.165) is 16.7 Å². The second-order valence-electron chi connectivity index (χ2n) is 8.66. The zero-order valence-corrected chi connectivity index (χ0v) is 22.5. The molecule has 0 aliphatic carbocycles. The third-order valence-corrected chi connectivity index (χ3v) is 7.51. The van der Waals surface area contributed by atoms with Crippen molar-refractivity contribution in [2.45, 2.75) is 26.5 Å². The number of benzene rings is 3. The molecular formula is C30H25ClN2O4S. The molecule has 2 heterocycles. The van der Waals surface area contributed by atoms with Crippen molar-refractivity contribution in [2.24, 2.45) is 4.99 Å². The first-order chi connectivity index (χ1) is 18.5. The van der Waals surface area contributed by atoms with Gasteiger partial charge < -0.3 is 9.47 Å². The number of nitrogens with zero attached hydrogens (tertiary/aromatic N) is 2. The molecule has 8 heteroatoms. The largest absolute Gasteiger partial charge is 0.489 e. The topological polar surface area (TPSA) is 69.9 Å². The number of hydrogen-bond acceptors (Lipinski definition) is 6. The zero-order chi connectivity index (χ0) is 26.6. The van der Waals surface area contributed by atoms with Crippen molar-refractivity contribution in [1.29, 1.82) is 0 Å². The Morgan fingerprint density at radius 1 is 1.05 bits per heavy atom. The van der Waals surface area contributed by atoms with Crippen LogP contribution in [-0.2, 0) is 16.1 Å². The lowest BCUT2D eigenvalue weighted by Crippen LogP contribution is -2.39. The lowest BCUT2D eigenvalue weighted by molar-refractivity contribution is -0.139. The number of aromatic nitrogens is 1. The summed E-state index contributed by atoms with van der Waals surface area (Å²) in [5.74, 6) is 0.228. The Balaban J connectivity index is 1.49. The smallest absolute Gasteiger partial charge is 0.338 e. The van der Waals surface area contributed by atoms with Crippen LogP contribution in [0.2, 0.25) is 5.02 Å². The first-order valence-corrected chi connectivity index (χ1v) is 13.4. The number of esters is 1. The first-order valence-electron chi connectivity index (χ1n) is 12.2. The summed E-state index contributed by atoms with van der Waals surface area (Å²) in [7, 11) is 0. The normalized spacial score (nSPS) is 15.1. The molecule has 38 heavy (non-hydrogen) atoms. The van der Waals surface area contributed by atoms with Crippen molar-refractivity contribution in [2.75, 3.05) is 6.61 Å². The minimum Gasteiger partial charge on any atom is -0.489 e. The fourth-order valence-corrected chi connectivity index (χ4v) is 5.57. The SMILES string of the molecule is CCOC(=O)C1=C(C)N=c2s/c(=C\c3ccc(OCc4ccccc4Cl)cc3)c(=O)n2C1c1ccccc1. The van der Waals surface area contributed by atoms with Crippen molar-refractivity contribution in [1.82, 2.24) is 4.57 Å². The molecule has 0 fully saturated rings. The molecule has 4 aromatic rings. The van der Waals surface area contributed by atoms with E-state index >= 15 is 0 Å². The molecule has 0 saturated carbocycles. The molecule has 0 bridgehead atoms. The summed E-state index contributed by atoms with van der Waals surface area (Å²) in [6.07, 6.45) is 1.83. The van der Waals surface area contributed by atoms with E-state index < -0.39 is 12.0 Å². The van der Waals surface area contributed by atoms with Crippen LogP contribution in [0.5, 0.6) is 5.75 Å².